The summed E-state index contributed by atoms with van der Waals surface area (Å²) in [6.45, 7) is 13.5. The Hall–Kier alpha value is -1.51. The molecule has 1 aromatic carbocycles. The molecule has 0 fully saturated rings. The van der Waals surface area contributed by atoms with Gasteiger partial charge < -0.3 is 9.84 Å². The van der Waals surface area contributed by atoms with Crippen molar-refractivity contribution in [2.45, 2.75) is 65.2 Å². The monoisotopic (exact) mass is 292 g/mol. The van der Waals surface area contributed by atoms with Gasteiger partial charge in [-0.1, -0.05) is 53.7 Å². The van der Waals surface area contributed by atoms with Crippen LogP contribution in [0.15, 0.2) is 18.2 Å². The number of rotatable bonds is 5. The Labute approximate surface area is 128 Å². The average molecular weight is 292 g/mol. The number of ether oxygens (including phenoxy) is 1. The van der Waals surface area contributed by atoms with Gasteiger partial charge in [0.1, 0.15) is 5.75 Å². The van der Waals surface area contributed by atoms with E-state index in [0.29, 0.717) is 13.0 Å². The van der Waals surface area contributed by atoms with E-state index in [1.54, 1.807) is 0 Å². The molecule has 0 spiro atoms. The molecule has 0 radical (unpaired) electrons. The largest absolute Gasteiger partial charge is 0.493 e. The minimum Gasteiger partial charge on any atom is -0.493 e. The summed E-state index contributed by atoms with van der Waals surface area (Å²) in [4.78, 5) is 10.5. The van der Waals surface area contributed by atoms with E-state index in [-0.39, 0.29) is 17.3 Å². The maximum Gasteiger partial charge on any atom is 0.303 e. The summed E-state index contributed by atoms with van der Waals surface area (Å²) < 4.78 is 5.82. The Morgan fingerprint density at radius 1 is 1.10 bits per heavy atom. The molecule has 3 heteroatoms. The molecular weight excluding hydrogens is 264 g/mol. The second kappa shape index (κ2) is 6.50. The van der Waals surface area contributed by atoms with Crippen LogP contribution in [0.2, 0.25) is 0 Å². The number of benzene rings is 1. The van der Waals surface area contributed by atoms with Crippen LogP contribution in [0.25, 0.3) is 0 Å². The number of hydrogen-bond donors (Lipinski definition) is 1. The summed E-state index contributed by atoms with van der Waals surface area (Å²) in [5.41, 5.74) is 2.54. The third-order valence-electron chi connectivity index (χ3n) is 3.45. The Kier molecular flexibility index (Phi) is 5.43. The van der Waals surface area contributed by atoms with Gasteiger partial charge in [0.05, 0.1) is 6.61 Å². The molecule has 0 saturated carbocycles. The van der Waals surface area contributed by atoms with Gasteiger partial charge in [0.25, 0.3) is 0 Å². The lowest BCUT2D eigenvalue weighted by atomic mass is 9.80. The van der Waals surface area contributed by atoms with Gasteiger partial charge in [0.15, 0.2) is 0 Å². The first-order valence-corrected chi connectivity index (χ1v) is 7.51. The van der Waals surface area contributed by atoms with E-state index in [2.05, 4.69) is 53.7 Å². The molecule has 0 bridgehead atoms. The number of hydrogen-bond acceptors (Lipinski definition) is 2. The van der Waals surface area contributed by atoms with Crippen LogP contribution < -0.4 is 4.74 Å². The lowest BCUT2D eigenvalue weighted by molar-refractivity contribution is -0.137. The van der Waals surface area contributed by atoms with E-state index in [0.717, 1.165) is 5.75 Å². The van der Waals surface area contributed by atoms with Crippen molar-refractivity contribution in [2.75, 3.05) is 6.61 Å². The Morgan fingerprint density at radius 2 is 1.71 bits per heavy atom. The van der Waals surface area contributed by atoms with Gasteiger partial charge in [0, 0.05) is 6.42 Å². The first kappa shape index (κ1) is 17.5. The molecule has 0 aliphatic heterocycles. The highest BCUT2D eigenvalue weighted by atomic mass is 16.5. The topological polar surface area (TPSA) is 46.5 Å². The minimum absolute atomic E-state index is 0.0105. The molecule has 21 heavy (non-hydrogen) atoms. The number of aliphatic carboxylic acids is 1. The second-order valence-corrected chi connectivity index (χ2v) is 7.56. The zero-order chi connectivity index (χ0) is 16.3. The molecule has 0 amide bonds. The second-order valence-electron chi connectivity index (χ2n) is 7.56. The normalized spacial score (nSPS) is 12.3. The van der Waals surface area contributed by atoms with Crippen LogP contribution in [0.1, 0.15) is 65.5 Å². The smallest absolute Gasteiger partial charge is 0.303 e. The van der Waals surface area contributed by atoms with E-state index in [1.807, 2.05) is 6.07 Å². The van der Waals surface area contributed by atoms with E-state index in [9.17, 15) is 4.79 Å². The fraction of sp³-hybridized carbons (Fsp3) is 0.611. The van der Waals surface area contributed by atoms with Crippen LogP contribution in [0.5, 0.6) is 5.75 Å². The van der Waals surface area contributed by atoms with Crippen molar-refractivity contribution in [3.8, 4) is 5.75 Å². The van der Waals surface area contributed by atoms with Gasteiger partial charge in [-0.2, -0.15) is 0 Å². The lowest BCUT2D eigenvalue weighted by Gasteiger charge is -2.27. The van der Waals surface area contributed by atoms with E-state index >= 15 is 0 Å². The Morgan fingerprint density at radius 3 is 2.19 bits per heavy atom. The highest BCUT2D eigenvalue weighted by molar-refractivity contribution is 5.66. The molecule has 1 rings (SSSR count). The van der Waals surface area contributed by atoms with Crippen LogP contribution in [-0.4, -0.2) is 17.7 Å². The number of carboxylic acid groups (broad SMARTS) is 1. The van der Waals surface area contributed by atoms with Gasteiger partial charge in [-0.05, 0) is 34.4 Å². The molecule has 0 saturated heterocycles. The predicted molar refractivity (Wildman–Crippen MR) is 86.2 cm³/mol. The van der Waals surface area contributed by atoms with Gasteiger partial charge in [-0.25, -0.2) is 0 Å². The molecule has 118 valence electrons. The first-order chi connectivity index (χ1) is 9.51. The van der Waals surface area contributed by atoms with Crippen molar-refractivity contribution in [1.82, 2.24) is 0 Å². The molecular formula is C18H28O3. The SMILES string of the molecule is CC(C)(C)c1ccc(OCCCC(=O)O)c(C(C)(C)C)c1. The van der Waals surface area contributed by atoms with Crippen molar-refractivity contribution in [2.24, 2.45) is 0 Å². The van der Waals surface area contributed by atoms with Gasteiger partial charge in [0.2, 0.25) is 0 Å². The first-order valence-electron chi connectivity index (χ1n) is 7.51. The van der Waals surface area contributed by atoms with E-state index in [4.69, 9.17) is 9.84 Å². The fourth-order valence-electron chi connectivity index (χ4n) is 2.11. The summed E-state index contributed by atoms with van der Waals surface area (Å²) in [5, 5.41) is 8.66. The third-order valence-corrected chi connectivity index (χ3v) is 3.45. The number of carbonyl (C=O) groups is 1. The van der Waals surface area contributed by atoms with Crippen molar-refractivity contribution in [1.29, 1.82) is 0 Å². The molecule has 0 atom stereocenters. The Bertz CT molecular complexity index is 490. The van der Waals surface area contributed by atoms with Crippen molar-refractivity contribution < 1.29 is 14.6 Å². The van der Waals surface area contributed by atoms with Crippen LogP contribution in [0.4, 0.5) is 0 Å². The van der Waals surface area contributed by atoms with E-state index < -0.39 is 5.97 Å². The molecule has 3 nitrogen and oxygen atoms in total. The van der Waals surface area contributed by atoms with Gasteiger partial charge >= 0.3 is 5.97 Å². The molecule has 1 aromatic rings. The minimum atomic E-state index is -0.780. The van der Waals surface area contributed by atoms with Crippen LogP contribution >= 0.6 is 0 Å². The third kappa shape index (κ3) is 5.41. The fourth-order valence-corrected chi connectivity index (χ4v) is 2.11. The predicted octanol–water partition coefficient (Wildman–Crippen LogP) is 4.53. The van der Waals surface area contributed by atoms with Gasteiger partial charge in [-0.3, -0.25) is 4.79 Å². The summed E-state index contributed by atoms with van der Waals surface area (Å²) in [5.74, 6) is 0.0821. The average Bonchev–Trinajstić information content (AvgIpc) is 2.32. The highest BCUT2D eigenvalue weighted by Crippen LogP contribution is 2.35. The maximum absolute atomic E-state index is 10.5. The number of carboxylic acids is 1. The van der Waals surface area contributed by atoms with Crippen LogP contribution in [0, 0.1) is 0 Å². The van der Waals surface area contributed by atoms with E-state index in [1.165, 1.54) is 11.1 Å². The summed E-state index contributed by atoms with van der Waals surface area (Å²) in [6.07, 6.45) is 0.671. The zero-order valence-corrected chi connectivity index (χ0v) is 14.1. The van der Waals surface area contributed by atoms with Crippen molar-refractivity contribution >= 4 is 5.97 Å². The highest BCUT2D eigenvalue weighted by Gasteiger charge is 2.23. The zero-order valence-electron chi connectivity index (χ0n) is 14.1. The maximum atomic E-state index is 10.5. The Balaban J connectivity index is 2.96. The summed E-state index contributed by atoms with van der Waals surface area (Å²) in [7, 11) is 0. The van der Waals surface area contributed by atoms with Crippen LogP contribution in [0.3, 0.4) is 0 Å². The molecule has 0 heterocycles. The molecule has 1 N–H and O–H groups in total. The standard InChI is InChI=1S/C18H28O3/c1-17(2,3)13-9-10-15(14(12-13)18(4,5)6)21-11-7-8-16(19)20/h9-10,12H,7-8,11H2,1-6H3,(H,19,20). The summed E-state index contributed by atoms with van der Waals surface area (Å²) >= 11 is 0. The van der Waals surface area contributed by atoms with Gasteiger partial charge in [-0.15, -0.1) is 0 Å². The van der Waals surface area contributed by atoms with Crippen LogP contribution in [-0.2, 0) is 15.6 Å². The lowest BCUT2D eigenvalue weighted by Crippen LogP contribution is -2.18. The molecule has 0 aromatic heterocycles. The van der Waals surface area contributed by atoms with Crippen molar-refractivity contribution in [3.63, 3.8) is 0 Å². The quantitative estimate of drug-likeness (QED) is 0.811. The molecule has 0 aliphatic carbocycles. The summed E-state index contributed by atoms with van der Waals surface area (Å²) in [6, 6.07) is 6.33. The van der Waals surface area contributed by atoms with Crippen molar-refractivity contribution in [3.05, 3.63) is 29.3 Å². The molecule has 0 aliphatic rings. The molecule has 0 unspecified atom stereocenters.